The molecule has 0 atom stereocenters. The minimum absolute atomic E-state index is 0.603. The summed E-state index contributed by atoms with van der Waals surface area (Å²) in [5, 5.41) is 3.37. The molecule has 0 amide bonds. The molecule has 0 fully saturated rings. The minimum atomic E-state index is 0.603. The summed E-state index contributed by atoms with van der Waals surface area (Å²) < 4.78 is 0. The Morgan fingerprint density at radius 1 is 1.00 bits per heavy atom. The zero-order chi connectivity index (χ0) is 15.0. The van der Waals surface area contributed by atoms with Crippen molar-refractivity contribution in [3.8, 4) is 0 Å². The molecule has 114 valence electrons. The van der Waals surface area contributed by atoms with E-state index in [0.29, 0.717) is 6.04 Å². The molecule has 0 saturated carbocycles. The van der Waals surface area contributed by atoms with E-state index in [1.54, 1.807) is 0 Å². The summed E-state index contributed by atoms with van der Waals surface area (Å²) in [7, 11) is 0. The van der Waals surface area contributed by atoms with Gasteiger partial charge in [0, 0.05) is 19.1 Å². The summed E-state index contributed by atoms with van der Waals surface area (Å²) >= 11 is 0. The monoisotopic (exact) mass is 276 g/mol. The zero-order valence-corrected chi connectivity index (χ0v) is 13.9. The van der Waals surface area contributed by atoms with E-state index in [1.807, 2.05) is 0 Å². The SMILES string of the molecule is CCNCCc1ccc(CN(CC(C)C)C(C)C)cc1. The van der Waals surface area contributed by atoms with Gasteiger partial charge in [-0.2, -0.15) is 0 Å². The van der Waals surface area contributed by atoms with Gasteiger partial charge in [-0.1, -0.05) is 45.0 Å². The van der Waals surface area contributed by atoms with Crippen LogP contribution in [0.2, 0.25) is 0 Å². The standard InChI is InChI=1S/C18H32N2/c1-6-19-12-11-17-7-9-18(10-8-17)14-20(16(4)5)13-15(2)3/h7-10,15-16,19H,6,11-14H2,1-5H3. The summed E-state index contributed by atoms with van der Waals surface area (Å²) in [6, 6.07) is 9.74. The van der Waals surface area contributed by atoms with Gasteiger partial charge >= 0.3 is 0 Å². The fraction of sp³-hybridized carbons (Fsp3) is 0.667. The molecule has 0 aromatic heterocycles. The molecule has 0 saturated heterocycles. The number of rotatable bonds is 9. The van der Waals surface area contributed by atoms with Crippen LogP contribution in [0.5, 0.6) is 0 Å². The maximum Gasteiger partial charge on any atom is 0.0236 e. The highest BCUT2D eigenvalue weighted by Gasteiger charge is 2.11. The van der Waals surface area contributed by atoms with Gasteiger partial charge in [-0.05, 0) is 50.4 Å². The number of nitrogens with one attached hydrogen (secondary N) is 1. The molecule has 1 aromatic carbocycles. The van der Waals surface area contributed by atoms with Crippen LogP contribution in [0.1, 0.15) is 45.7 Å². The number of nitrogens with zero attached hydrogens (tertiary/aromatic N) is 1. The fourth-order valence-corrected chi connectivity index (χ4v) is 2.38. The molecule has 20 heavy (non-hydrogen) atoms. The molecular weight excluding hydrogens is 244 g/mol. The Hall–Kier alpha value is -0.860. The van der Waals surface area contributed by atoms with Crippen molar-refractivity contribution < 1.29 is 0 Å². The van der Waals surface area contributed by atoms with Gasteiger partial charge in [0.05, 0.1) is 0 Å². The van der Waals surface area contributed by atoms with Crippen molar-refractivity contribution in [2.75, 3.05) is 19.6 Å². The molecule has 0 radical (unpaired) electrons. The van der Waals surface area contributed by atoms with E-state index in [1.165, 1.54) is 17.7 Å². The van der Waals surface area contributed by atoms with Crippen molar-refractivity contribution in [2.24, 2.45) is 5.92 Å². The predicted octanol–water partition coefficient (Wildman–Crippen LogP) is 3.71. The van der Waals surface area contributed by atoms with Crippen LogP contribution in [0.3, 0.4) is 0 Å². The average molecular weight is 276 g/mol. The summed E-state index contributed by atoms with van der Waals surface area (Å²) in [5.41, 5.74) is 2.85. The molecular formula is C18H32N2. The van der Waals surface area contributed by atoms with E-state index in [4.69, 9.17) is 0 Å². The lowest BCUT2D eigenvalue weighted by atomic mass is 10.1. The van der Waals surface area contributed by atoms with Gasteiger partial charge in [0.15, 0.2) is 0 Å². The molecule has 0 aliphatic carbocycles. The van der Waals surface area contributed by atoms with Crippen LogP contribution in [-0.4, -0.2) is 30.6 Å². The Balaban J connectivity index is 2.54. The lowest BCUT2D eigenvalue weighted by Crippen LogP contribution is -2.33. The van der Waals surface area contributed by atoms with Crippen molar-refractivity contribution in [1.29, 1.82) is 0 Å². The Kier molecular flexibility index (Phi) is 7.86. The maximum atomic E-state index is 3.37. The second-order valence-electron chi connectivity index (χ2n) is 6.34. The first-order chi connectivity index (χ1) is 9.52. The van der Waals surface area contributed by atoms with E-state index < -0.39 is 0 Å². The molecule has 1 rings (SSSR count). The van der Waals surface area contributed by atoms with Crippen LogP contribution in [0, 0.1) is 5.92 Å². The normalized spacial score (nSPS) is 11.8. The molecule has 0 aliphatic rings. The first kappa shape index (κ1) is 17.2. The molecule has 0 unspecified atom stereocenters. The van der Waals surface area contributed by atoms with E-state index in [2.05, 4.69) is 69.1 Å². The molecule has 0 heterocycles. The molecule has 2 heteroatoms. The van der Waals surface area contributed by atoms with Crippen molar-refractivity contribution in [3.05, 3.63) is 35.4 Å². The molecule has 2 nitrogen and oxygen atoms in total. The Morgan fingerprint density at radius 2 is 1.60 bits per heavy atom. The van der Waals surface area contributed by atoms with Gasteiger partial charge in [-0.25, -0.2) is 0 Å². The Morgan fingerprint density at radius 3 is 2.10 bits per heavy atom. The molecule has 0 bridgehead atoms. The number of hydrogen-bond acceptors (Lipinski definition) is 2. The summed E-state index contributed by atoms with van der Waals surface area (Å²) in [5.74, 6) is 0.719. The van der Waals surface area contributed by atoms with Gasteiger partial charge in [-0.3, -0.25) is 4.90 Å². The Labute approximate surface area is 125 Å². The first-order valence-corrected chi connectivity index (χ1v) is 8.05. The number of benzene rings is 1. The zero-order valence-electron chi connectivity index (χ0n) is 13.9. The smallest absolute Gasteiger partial charge is 0.0236 e. The second-order valence-corrected chi connectivity index (χ2v) is 6.34. The highest BCUT2D eigenvalue weighted by molar-refractivity contribution is 5.22. The second kappa shape index (κ2) is 9.15. The first-order valence-electron chi connectivity index (χ1n) is 8.05. The van der Waals surface area contributed by atoms with E-state index in [9.17, 15) is 0 Å². The number of likely N-dealkylation sites (N-methyl/N-ethyl adjacent to an activating group) is 1. The minimum Gasteiger partial charge on any atom is -0.317 e. The summed E-state index contributed by atoms with van der Waals surface area (Å²) in [6.07, 6.45) is 1.12. The molecule has 1 aromatic rings. The van der Waals surface area contributed by atoms with Crippen molar-refractivity contribution in [3.63, 3.8) is 0 Å². The quantitative estimate of drug-likeness (QED) is 0.692. The van der Waals surface area contributed by atoms with Gasteiger partial charge in [0.25, 0.3) is 0 Å². The van der Waals surface area contributed by atoms with Crippen molar-refractivity contribution in [1.82, 2.24) is 10.2 Å². The van der Waals surface area contributed by atoms with Crippen LogP contribution >= 0.6 is 0 Å². The third kappa shape index (κ3) is 6.53. The summed E-state index contributed by atoms with van der Waals surface area (Å²) in [6.45, 7) is 15.7. The predicted molar refractivity (Wildman–Crippen MR) is 89.1 cm³/mol. The average Bonchev–Trinajstić information content (AvgIpc) is 2.39. The molecule has 0 aliphatic heterocycles. The maximum absolute atomic E-state index is 3.37. The number of hydrogen-bond donors (Lipinski definition) is 1. The van der Waals surface area contributed by atoms with E-state index in [0.717, 1.165) is 32.0 Å². The highest BCUT2D eigenvalue weighted by atomic mass is 15.1. The van der Waals surface area contributed by atoms with Crippen LogP contribution in [0.4, 0.5) is 0 Å². The van der Waals surface area contributed by atoms with Crippen LogP contribution in [0.25, 0.3) is 0 Å². The third-order valence-corrected chi connectivity index (χ3v) is 3.58. The van der Waals surface area contributed by atoms with Gasteiger partial charge in [0.2, 0.25) is 0 Å². The highest BCUT2D eigenvalue weighted by Crippen LogP contribution is 2.12. The molecule has 0 spiro atoms. The van der Waals surface area contributed by atoms with Gasteiger partial charge in [0.1, 0.15) is 0 Å². The van der Waals surface area contributed by atoms with E-state index in [-0.39, 0.29) is 0 Å². The van der Waals surface area contributed by atoms with Crippen molar-refractivity contribution >= 4 is 0 Å². The third-order valence-electron chi connectivity index (χ3n) is 3.58. The largest absolute Gasteiger partial charge is 0.317 e. The topological polar surface area (TPSA) is 15.3 Å². The Bertz CT molecular complexity index is 354. The van der Waals surface area contributed by atoms with Crippen LogP contribution < -0.4 is 5.32 Å². The van der Waals surface area contributed by atoms with E-state index >= 15 is 0 Å². The van der Waals surface area contributed by atoms with Crippen molar-refractivity contribution in [2.45, 2.75) is 53.6 Å². The summed E-state index contributed by atoms with van der Waals surface area (Å²) in [4.78, 5) is 2.55. The lowest BCUT2D eigenvalue weighted by molar-refractivity contribution is 0.189. The van der Waals surface area contributed by atoms with Gasteiger partial charge in [-0.15, -0.1) is 0 Å². The lowest BCUT2D eigenvalue weighted by Gasteiger charge is -2.28. The van der Waals surface area contributed by atoms with Gasteiger partial charge < -0.3 is 5.32 Å². The fourth-order valence-electron chi connectivity index (χ4n) is 2.38. The van der Waals surface area contributed by atoms with Crippen LogP contribution in [-0.2, 0) is 13.0 Å². The van der Waals surface area contributed by atoms with Crippen LogP contribution in [0.15, 0.2) is 24.3 Å². The molecule has 1 N–H and O–H groups in total.